The van der Waals surface area contributed by atoms with Gasteiger partial charge < -0.3 is 5.32 Å². The van der Waals surface area contributed by atoms with Crippen LogP contribution in [-0.2, 0) is 9.59 Å². The number of hydrazone groups is 1. The summed E-state index contributed by atoms with van der Waals surface area (Å²) >= 11 is 0. The number of nitrogens with one attached hydrogen (secondary N) is 2. The van der Waals surface area contributed by atoms with E-state index in [0.29, 0.717) is 11.3 Å². The molecule has 32 heavy (non-hydrogen) atoms. The minimum atomic E-state index is -4.99. The molecule has 8 heteroatoms. The Kier molecular flexibility index (Phi) is 7.04. The van der Waals surface area contributed by atoms with Crippen molar-refractivity contribution in [2.75, 3.05) is 5.32 Å². The highest BCUT2D eigenvalue weighted by Gasteiger charge is 2.38. The van der Waals surface area contributed by atoms with Crippen LogP contribution in [0.1, 0.15) is 29.5 Å². The third kappa shape index (κ3) is 5.81. The van der Waals surface area contributed by atoms with Gasteiger partial charge in [0.25, 0.3) is 5.91 Å². The number of hydrogen-bond donors (Lipinski definition) is 2. The molecule has 0 aliphatic carbocycles. The van der Waals surface area contributed by atoms with Gasteiger partial charge in [-0.05, 0) is 35.7 Å². The number of anilines is 1. The first-order valence-corrected chi connectivity index (χ1v) is 9.68. The maximum Gasteiger partial charge on any atom is 0.471 e. The Morgan fingerprint density at radius 2 is 1.41 bits per heavy atom. The Balaban J connectivity index is 1.79. The van der Waals surface area contributed by atoms with Gasteiger partial charge in [-0.2, -0.15) is 18.3 Å². The highest BCUT2D eigenvalue weighted by Crippen LogP contribution is 2.25. The molecule has 0 fully saturated rings. The fourth-order valence-electron chi connectivity index (χ4n) is 3.08. The van der Waals surface area contributed by atoms with Crippen molar-refractivity contribution in [3.63, 3.8) is 0 Å². The summed E-state index contributed by atoms with van der Waals surface area (Å²) < 4.78 is 37.4. The number of hydrogen-bond acceptors (Lipinski definition) is 3. The minimum absolute atomic E-state index is 0.0304. The Morgan fingerprint density at radius 1 is 0.844 bits per heavy atom. The van der Waals surface area contributed by atoms with E-state index in [1.165, 1.54) is 18.2 Å². The lowest BCUT2D eigenvalue weighted by Gasteiger charge is -2.16. The molecule has 164 valence electrons. The van der Waals surface area contributed by atoms with Gasteiger partial charge in [0.15, 0.2) is 0 Å². The van der Waals surface area contributed by atoms with Crippen molar-refractivity contribution in [1.82, 2.24) is 5.43 Å². The van der Waals surface area contributed by atoms with Crippen molar-refractivity contribution in [1.29, 1.82) is 0 Å². The summed E-state index contributed by atoms with van der Waals surface area (Å²) in [4.78, 5) is 24.2. The summed E-state index contributed by atoms with van der Waals surface area (Å²) in [6.45, 7) is 1.60. The highest BCUT2D eigenvalue weighted by molar-refractivity contribution is 6.02. The van der Waals surface area contributed by atoms with Gasteiger partial charge in [-0.25, -0.2) is 5.43 Å². The largest absolute Gasteiger partial charge is 0.471 e. The number of halogens is 3. The molecular formula is C24H20F3N3O2. The molecule has 0 aliphatic heterocycles. The zero-order valence-electron chi connectivity index (χ0n) is 17.1. The fraction of sp³-hybridized carbons (Fsp3) is 0.125. The number of nitrogens with zero attached hydrogens (tertiary/aromatic N) is 1. The van der Waals surface area contributed by atoms with Crippen LogP contribution in [0.4, 0.5) is 18.9 Å². The van der Waals surface area contributed by atoms with E-state index >= 15 is 0 Å². The van der Waals surface area contributed by atoms with E-state index < -0.39 is 18.0 Å². The summed E-state index contributed by atoms with van der Waals surface area (Å²) in [7, 11) is 0. The number of alkyl halides is 3. The van der Waals surface area contributed by atoms with E-state index in [1.807, 2.05) is 60.7 Å². The molecule has 0 heterocycles. The molecule has 3 rings (SSSR count). The molecule has 3 aromatic rings. The first-order chi connectivity index (χ1) is 15.3. The van der Waals surface area contributed by atoms with Gasteiger partial charge in [0.1, 0.15) is 0 Å². The summed E-state index contributed by atoms with van der Waals surface area (Å²) in [5, 5.41) is 5.91. The van der Waals surface area contributed by atoms with Gasteiger partial charge in [0.05, 0.1) is 11.6 Å². The molecule has 0 bridgehead atoms. The Hall–Kier alpha value is -3.94. The molecule has 5 nitrogen and oxygen atoms in total. The van der Waals surface area contributed by atoms with Crippen molar-refractivity contribution in [2.24, 2.45) is 5.10 Å². The van der Waals surface area contributed by atoms with Crippen molar-refractivity contribution >= 4 is 23.2 Å². The van der Waals surface area contributed by atoms with Gasteiger partial charge in [-0.1, -0.05) is 72.8 Å². The second kappa shape index (κ2) is 9.91. The molecule has 0 saturated heterocycles. The zero-order chi connectivity index (χ0) is 23.1. The van der Waals surface area contributed by atoms with Crippen LogP contribution in [0.25, 0.3) is 0 Å². The topological polar surface area (TPSA) is 70.6 Å². The summed E-state index contributed by atoms with van der Waals surface area (Å²) in [6, 6.07) is 24.2. The molecular weight excluding hydrogens is 419 g/mol. The van der Waals surface area contributed by atoms with Crippen LogP contribution in [0.15, 0.2) is 90.0 Å². The first-order valence-electron chi connectivity index (χ1n) is 9.68. The molecule has 0 saturated carbocycles. The molecule has 0 unspecified atom stereocenters. The van der Waals surface area contributed by atoms with E-state index in [0.717, 1.165) is 11.1 Å². The monoisotopic (exact) mass is 439 g/mol. The number of carbonyl (C=O) groups excluding carboxylic acids is 2. The predicted molar refractivity (Wildman–Crippen MR) is 116 cm³/mol. The maximum atomic E-state index is 13.0. The van der Waals surface area contributed by atoms with Gasteiger partial charge in [-0.15, -0.1) is 0 Å². The fourth-order valence-corrected chi connectivity index (χ4v) is 3.08. The first kappa shape index (κ1) is 22.7. The van der Waals surface area contributed by atoms with E-state index in [9.17, 15) is 22.8 Å². The van der Waals surface area contributed by atoms with E-state index in [2.05, 4.69) is 10.5 Å². The number of amides is 2. The Bertz CT molecular complexity index is 1070. The number of carbonyl (C=O) groups is 2. The Labute approximate surface area is 183 Å². The minimum Gasteiger partial charge on any atom is -0.318 e. The second-order valence-electron chi connectivity index (χ2n) is 6.96. The van der Waals surface area contributed by atoms with Crippen LogP contribution in [0.2, 0.25) is 0 Å². The Morgan fingerprint density at radius 3 is 1.94 bits per heavy atom. The number of benzene rings is 3. The molecule has 2 N–H and O–H groups in total. The molecule has 3 aromatic carbocycles. The lowest BCUT2D eigenvalue weighted by molar-refractivity contribution is -0.167. The zero-order valence-corrected chi connectivity index (χ0v) is 17.1. The molecule has 2 amide bonds. The van der Waals surface area contributed by atoms with Crippen LogP contribution >= 0.6 is 0 Å². The normalized spacial score (nSPS) is 11.8. The van der Waals surface area contributed by atoms with Crippen molar-refractivity contribution < 1.29 is 22.8 Å². The number of rotatable bonds is 6. The van der Waals surface area contributed by atoms with Crippen LogP contribution in [0.5, 0.6) is 0 Å². The molecule has 0 spiro atoms. The lowest BCUT2D eigenvalue weighted by Crippen LogP contribution is -2.30. The quantitative estimate of drug-likeness (QED) is 0.425. The predicted octanol–water partition coefficient (Wildman–Crippen LogP) is 4.86. The molecule has 0 atom stereocenters. The van der Waals surface area contributed by atoms with Crippen LogP contribution < -0.4 is 10.7 Å². The third-order valence-electron chi connectivity index (χ3n) is 4.66. The lowest BCUT2D eigenvalue weighted by atomic mass is 9.91. The molecule has 0 aliphatic rings. The SMILES string of the molecule is CC(=NNC(=O)C(c1ccccc1)c1ccccc1)c1cccc(NC(=O)C(F)(F)F)c1. The smallest absolute Gasteiger partial charge is 0.318 e. The third-order valence-corrected chi connectivity index (χ3v) is 4.66. The summed E-state index contributed by atoms with van der Waals surface area (Å²) in [5.41, 5.74) is 4.91. The van der Waals surface area contributed by atoms with Gasteiger partial charge in [-0.3, -0.25) is 9.59 Å². The maximum absolute atomic E-state index is 13.0. The van der Waals surface area contributed by atoms with Crippen LogP contribution in [0, 0.1) is 0 Å². The van der Waals surface area contributed by atoms with Crippen LogP contribution in [0.3, 0.4) is 0 Å². The van der Waals surface area contributed by atoms with E-state index in [4.69, 9.17) is 0 Å². The van der Waals surface area contributed by atoms with Crippen molar-refractivity contribution in [2.45, 2.75) is 19.0 Å². The van der Waals surface area contributed by atoms with Gasteiger partial charge >= 0.3 is 12.1 Å². The summed E-state index contributed by atoms with van der Waals surface area (Å²) in [6.07, 6.45) is -4.99. The highest BCUT2D eigenvalue weighted by atomic mass is 19.4. The van der Waals surface area contributed by atoms with E-state index in [-0.39, 0.29) is 11.6 Å². The van der Waals surface area contributed by atoms with Gasteiger partial charge in [0, 0.05) is 5.69 Å². The average Bonchev–Trinajstić information content (AvgIpc) is 2.78. The molecule has 0 radical (unpaired) electrons. The van der Waals surface area contributed by atoms with Gasteiger partial charge in [0.2, 0.25) is 0 Å². The average molecular weight is 439 g/mol. The van der Waals surface area contributed by atoms with E-state index in [1.54, 1.807) is 18.3 Å². The molecule has 0 aromatic heterocycles. The van der Waals surface area contributed by atoms with Crippen molar-refractivity contribution in [3.05, 3.63) is 102 Å². The summed E-state index contributed by atoms with van der Waals surface area (Å²) in [5.74, 6) is -3.01. The standard InChI is InChI=1S/C24H20F3N3O2/c1-16(19-13-8-14-20(15-19)28-23(32)24(25,26)27)29-30-22(31)21(17-9-4-2-5-10-17)18-11-6-3-7-12-18/h2-15,21H,1H3,(H,28,32)(H,30,31). The van der Waals surface area contributed by atoms with Crippen molar-refractivity contribution in [3.8, 4) is 0 Å². The van der Waals surface area contributed by atoms with Crippen LogP contribution in [-0.4, -0.2) is 23.7 Å². The second-order valence-corrected chi connectivity index (χ2v) is 6.96.